The number of aryl methyl sites for hydroxylation is 6. The van der Waals surface area contributed by atoms with Crippen molar-refractivity contribution in [1.82, 2.24) is 0 Å². The molecule has 0 aliphatic heterocycles. The molecule has 4 fully saturated rings. The zero-order valence-corrected chi connectivity index (χ0v) is 40.1. The van der Waals surface area contributed by atoms with Gasteiger partial charge in [0.2, 0.25) is 6.71 Å². The normalized spacial score (nSPS) is 23.5. The summed E-state index contributed by atoms with van der Waals surface area (Å²) in [5.41, 5.74) is 24.4. The van der Waals surface area contributed by atoms with Crippen LogP contribution < -0.4 is 16.4 Å². The lowest BCUT2D eigenvalue weighted by Crippen LogP contribution is -2.69. The van der Waals surface area contributed by atoms with Crippen LogP contribution in [0, 0.1) is 58.8 Å². The average molecular weight is 869 g/mol. The van der Waals surface area contributed by atoms with Crippen LogP contribution in [0.25, 0.3) is 53.6 Å². The highest BCUT2D eigenvalue weighted by molar-refractivity contribution is 7.26. The molecule has 66 heavy (non-hydrogen) atoms. The van der Waals surface area contributed by atoms with Crippen molar-refractivity contribution in [2.45, 2.75) is 84.5 Å². The van der Waals surface area contributed by atoms with E-state index in [4.69, 9.17) is 0 Å². The number of hydrogen-bond donors (Lipinski definition) is 0. The molecule has 1 heterocycles. The van der Waals surface area contributed by atoms with Crippen molar-refractivity contribution < 1.29 is 0 Å². The van der Waals surface area contributed by atoms with Crippen LogP contribution in [0.5, 0.6) is 0 Å². The smallest absolute Gasteiger partial charge is 0.135 e. The van der Waals surface area contributed by atoms with E-state index in [0.29, 0.717) is 10.8 Å². The molecule has 8 aromatic carbocycles. The van der Waals surface area contributed by atoms with Crippen LogP contribution in [0.1, 0.15) is 76.6 Å². The van der Waals surface area contributed by atoms with Crippen LogP contribution in [0.3, 0.4) is 0 Å². The summed E-state index contributed by atoms with van der Waals surface area (Å²) in [5.74, 6) is 1.77. The van der Waals surface area contributed by atoms with E-state index in [1.165, 1.54) is 135 Å². The largest absolute Gasteiger partial charge is 0.242 e. The van der Waals surface area contributed by atoms with Crippen LogP contribution in [0.4, 0.5) is 0 Å². The van der Waals surface area contributed by atoms with Crippen molar-refractivity contribution in [3.05, 3.63) is 208 Å². The molecular weight excluding hydrogens is 812 g/mol. The van der Waals surface area contributed by atoms with Crippen LogP contribution in [-0.4, -0.2) is 6.71 Å². The fraction of sp³-hybridized carbons (Fsp3) is 0.250. The van der Waals surface area contributed by atoms with Gasteiger partial charge < -0.3 is 0 Å². The van der Waals surface area contributed by atoms with Gasteiger partial charge in [0.25, 0.3) is 0 Å². The van der Waals surface area contributed by atoms with Crippen molar-refractivity contribution >= 4 is 54.6 Å². The number of hydrogen-bond acceptors (Lipinski definition) is 1. The Morgan fingerprint density at radius 1 is 0.470 bits per heavy atom. The summed E-state index contributed by atoms with van der Waals surface area (Å²) in [6.07, 6.45) is 6.85. The molecule has 0 saturated heterocycles. The van der Waals surface area contributed by atoms with Crippen molar-refractivity contribution in [2.75, 3.05) is 0 Å². The minimum atomic E-state index is 0.152. The van der Waals surface area contributed by atoms with E-state index in [1.807, 2.05) is 11.3 Å². The van der Waals surface area contributed by atoms with Gasteiger partial charge in [0, 0.05) is 25.6 Å². The first-order chi connectivity index (χ1) is 32.0. The van der Waals surface area contributed by atoms with Gasteiger partial charge in [0.05, 0.1) is 0 Å². The second kappa shape index (κ2) is 14.5. The molecule has 0 radical (unpaired) electrons. The number of rotatable bonds is 8. The van der Waals surface area contributed by atoms with E-state index < -0.39 is 0 Å². The highest BCUT2D eigenvalue weighted by Crippen LogP contribution is 2.89. The second-order valence-corrected chi connectivity index (χ2v) is 22.5. The Morgan fingerprint density at radius 3 is 1.71 bits per heavy atom. The molecule has 4 aliphatic carbocycles. The third-order valence-electron chi connectivity index (χ3n) is 17.9. The van der Waals surface area contributed by atoms with Gasteiger partial charge in [-0.25, -0.2) is 0 Å². The number of fused-ring (bicyclic) bond motifs is 4. The maximum Gasteiger partial charge on any atom is 0.242 e. The lowest BCUT2D eigenvalue weighted by molar-refractivity contribution is -0.199. The molecule has 2 bridgehead atoms. The van der Waals surface area contributed by atoms with Gasteiger partial charge in [-0.1, -0.05) is 201 Å². The molecule has 5 atom stereocenters. The zero-order valence-electron chi connectivity index (χ0n) is 39.3. The van der Waals surface area contributed by atoms with Crippen LogP contribution in [0.2, 0.25) is 0 Å². The van der Waals surface area contributed by atoms with E-state index in [0.717, 1.165) is 11.8 Å². The molecular formula is C64H57BS. The fourth-order valence-corrected chi connectivity index (χ4v) is 16.8. The molecule has 4 aliphatic rings. The quantitative estimate of drug-likeness (QED) is 0.134. The van der Waals surface area contributed by atoms with E-state index in [2.05, 4.69) is 205 Å². The Hall–Kier alpha value is -5.96. The van der Waals surface area contributed by atoms with E-state index in [9.17, 15) is 0 Å². The van der Waals surface area contributed by atoms with Gasteiger partial charge in [-0.2, -0.15) is 0 Å². The summed E-state index contributed by atoms with van der Waals surface area (Å²) in [4.78, 5) is 0. The van der Waals surface area contributed by atoms with Crippen molar-refractivity contribution in [1.29, 1.82) is 0 Å². The molecule has 1 spiro atoms. The van der Waals surface area contributed by atoms with Crippen LogP contribution in [-0.2, 0) is 10.8 Å². The first kappa shape index (κ1) is 40.3. The maximum atomic E-state index is 2.54. The van der Waals surface area contributed by atoms with Gasteiger partial charge in [0.15, 0.2) is 0 Å². The van der Waals surface area contributed by atoms with Crippen LogP contribution in [0.15, 0.2) is 164 Å². The van der Waals surface area contributed by atoms with Gasteiger partial charge in [-0.05, 0) is 153 Å². The molecule has 9 aromatic rings. The number of benzene rings is 8. The summed E-state index contributed by atoms with van der Waals surface area (Å²) >= 11 is 1.93. The summed E-state index contributed by atoms with van der Waals surface area (Å²) in [6, 6.07) is 63.8. The van der Waals surface area contributed by atoms with Gasteiger partial charge in [0.1, 0.15) is 0 Å². The third-order valence-corrected chi connectivity index (χ3v) is 19.1. The Labute approximate surface area is 395 Å². The maximum absolute atomic E-state index is 2.54. The Morgan fingerprint density at radius 2 is 1.03 bits per heavy atom. The summed E-state index contributed by atoms with van der Waals surface area (Å²) in [5, 5.41) is 2.75. The van der Waals surface area contributed by atoms with Gasteiger partial charge >= 0.3 is 0 Å². The molecule has 4 saturated carbocycles. The lowest BCUT2D eigenvalue weighted by atomic mass is 9.30. The summed E-state index contributed by atoms with van der Waals surface area (Å²) in [6.45, 7) is 13.8. The molecule has 4 unspecified atom stereocenters. The molecule has 322 valence electrons. The molecule has 0 nitrogen and oxygen atoms in total. The predicted octanol–water partition coefficient (Wildman–Crippen LogP) is 14.8. The highest BCUT2D eigenvalue weighted by atomic mass is 32.1. The minimum Gasteiger partial charge on any atom is -0.135 e. The predicted molar refractivity (Wildman–Crippen MR) is 284 cm³/mol. The fourth-order valence-electron chi connectivity index (χ4n) is 15.6. The number of thiophene rings is 1. The van der Waals surface area contributed by atoms with Crippen molar-refractivity contribution in [3.63, 3.8) is 0 Å². The summed E-state index contributed by atoms with van der Waals surface area (Å²) < 4.78 is 2.78. The van der Waals surface area contributed by atoms with E-state index >= 15 is 0 Å². The molecule has 13 rings (SSSR count). The van der Waals surface area contributed by atoms with E-state index in [1.54, 1.807) is 11.1 Å². The van der Waals surface area contributed by atoms with Crippen molar-refractivity contribution in [3.8, 4) is 33.4 Å². The highest BCUT2D eigenvalue weighted by Gasteiger charge is 2.84. The Bertz CT molecular complexity index is 3340. The Kier molecular flexibility index (Phi) is 8.87. The monoisotopic (exact) mass is 868 g/mol. The summed E-state index contributed by atoms with van der Waals surface area (Å²) in [7, 11) is 0. The van der Waals surface area contributed by atoms with Gasteiger partial charge in [-0.15, -0.1) is 11.3 Å². The lowest BCUT2D eigenvalue weighted by Gasteiger charge is -2.73. The first-order valence-corrected chi connectivity index (χ1v) is 25.3. The van der Waals surface area contributed by atoms with Gasteiger partial charge in [-0.3, -0.25) is 0 Å². The van der Waals surface area contributed by atoms with Crippen molar-refractivity contribution in [2.24, 2.45) is 17.3 Å². The third kappa shape index (κ3) is 5.70. The average Bonchev–Trinajstić information content (AvgIpc) is 3.95. The standard InChI is InChI=1S/C64H57BS/c1-39-28-41(3)59(42(4)29-39)65(60-43(5)30-40(2)31-44(60)6)54-15-10-14-49(33-54)48-13-9-12-47(32-48)45-20-26-51(27-21-45)63-36-53-34-52-35-62(37-63,38-64(52,53)63)50-24-22-46(23-25-50)55-17-11-18-57-56-16-7-8-19-58(56)66-61(55)57/h7-33,52-53H,34-38H2,1-6H3/t52?,53?,62?,63?,64-/m1/s1. The SMILES string of the molecule is Cc1cc(C)c(B(c2cccc(-c3cccc(-c4ccc(C56CC7CC8CC(c9ccc(-c%10cccc%11c%10sc%10ccccc%10%11)cc9)(C5)C[C@@]876)cc4)c3)c2)c2c(C)cc(C)cc2C)c(C)c1. The topological polar surface area (TPSA) is 0 Å². The molecule has 2 heteroatoms. The molecule has 1 aromatic heterocycles. The van der Waals surface area contributed by atoms with E-state index in [-0.39, 0.29) is 12.1 Å². The zero-order chi connectivity index (χ0) is 44.7. The minimum absolute atomic E-state index is 0.152. The molecule has 0 amide bonds. The first-order valence-electron chi connectivity index (χ1n) is 24.5. The second-order valence-electron chi connectivity index (χ2n) is 21.5. The van der Waals surface area contributed by atoms with Crippen LogP contribution >= 0.6 is 11.3 Å². The Balaban J connectivity index is 0.801. The molecule has 0 N–H and O–H groups in total.